The molecule has 0 aliphatic carbocycles. The van der Waals surface area contributed by atoms with Gasteiger partial charge in [0.05, 0.1) is 33.5 Å². The minimum atomic E-state index is -3.16. The summed E-state index contributed by atoms with van der Waals surface area (Å²) < 4.78 is 175. The number of hydrogen-bond acceptors (Lipinski definition) is 25. The van der Waals surface area contributed by atoms with Crippen LogP contribution in [0.4, 0.5) is 39.5 Å². The molecule has 4 saturated heterocycles. The maximum atomic E-state index is 14.5. The van der Waals surface area contributed by atoms with Crippen LogP contribution in [0.5, 0.6) is 28.7 Å². The van der Waals surface area contributed by atoms with Gasteiger partial charge in [0.25, 0.3) is 5.92 Å². The fourth-order valence-corrected chi connectivity index (χ4v) is 12.8. The van der Waals surface area contributed by atoms with E-state index in [9.17, 15) is 121 Å². The number of fused-ring (bicyclic) bond motifs is 1. The molecule has 648 valence electrons. The Morgan fingerprint density at radius 2 is 0.645 bits per heavy atom. The maximum Gasteiger partial charge on any atom is 0.271 e. The van der Waals surface area contributed by atoms with Crippen LogP contribution in [0.15, 0.2) is 176 Å². The predicted molar refractivity (Wildman–Crippen MR) is 418 cm³/mol. The van der Waals surface area contributed by atoms with Gasteiger partial charge in [-0.1, -0.05) is 170 Å². The van der Waals surface area contributed by atoms with E-state index in [1.807, 2.05) is 36.4 Å². The zero-order valence-corrected chi connectivity index (χ0v) is 64.0. The number of aliphatic hydroxyl groups excluding tert-OH is 16. The second-order valence-corrected chi connectivity index (χ2v) is 27.9. The molecule has 16 N–H and O–H groups in total. The summed E-state index contributed by atoms with van der Waals surface area (Å²) in [6.45, 7) is -1.89. The second-order valence-electron chi connectivity index (χ2n) is 27.9. The molecule has 9 aromatic rings. The smallest absolute Gasteiger partial charge is 0.271 e. The third-order valence-corrected chi connectivity index (χ3v) is 19.4. The minimum Gasteiger partial charge on any atom is -0.497 e. The van der Waals surface area contributed by atoms with Crippen molar-refractivity contribution < 1.29 is 164 Å². The lowest BCUT2D eigenvalue weighted by Gasteiger charge is -2.39. The standard InChI is InChI=1S/C24H23FO6.C22H22F4O6.C21H22F2O7.C20H20F2O6/c25-18-8-4-2-6-15(18)10-12-16-11-9-14-5-1-3-7-17(14)23(16)31-24-22(29)21(28)20(27)19(13-26)30-24;1-22(25,26)14-5-3-2-4-11(14)6-7-12-8-13(23)9-15(24)20(12)32-21-19(30)18(29)17(28)16(10-27)31-21;1-28-14-6-3-11(4-7-14)2-5-12-8-13(22)9-15(23)20(12)30-21-19(27)18(26)17(25)16(10-24)29-21;21-13-8-12(7-6-11-4-2-1-3-5-11)19(14(22)9-13)28-20-18(26)17(25)16(24)15(10-23)27-20/h1-12,19-22,24,26-29H,13H2;2-9,16-19,21,27-30H,10H2,1H3;2-9,16-19,21,24-27H,10H2,1H3;1-9,15-18,20,23-26H,10H2/b12-10+;7-6+;5-2+;7-6+/t19-,20-,21+,22-,24?;16-,17-,18+,19-,21?;16-,17-,18+,19-,21+;15-,16-,17+,18-,20+/m1111/s1. The predicted octanol–water partition coefficient (Wildman–Crippen LogP) is 7.39. The van der Waals surface area contributed by atoms with E-state index in [1.165, 1.54) is 55.7 Å². The van der Waals surface area contributed by atoms with E-state index in [2.05, 4.69) is 0 Å². The summed E-state index contributed by atoms with van der Waals surface area (Å²) in [6.07, 6.45) is -19.1. The summed E-state index contributed by atoms with van der Waals surface area (Å²) in [5, 5.41) is 159. The Kier molecular flexibility index (Phi) is 32.7. The summed E-state index contributed by atoms with van der Waals surface area (Å²) >= 11 is 0. The van der Waals surface area contributed by atoms with Crippen LogP contribution in [0.2, 0.25) is 0 Å². The highest BCUT2D eigenvalue weighted by Crippen LogP contribution is 2.39. The molecule has 34 heteroatoms. The zero-order chi connectivity index (χ0) is 87.7. The summed E-state index contributed by atoms with van der Waals surface area (Å²) in [4.78, 5) is 0. The zero-order valence-electron chi connectivity index (χ0n) is 64.0. The molecule has 0 bridgehead atoms. The molecule has 0 spiro atoms. The molecule has 4 heterocycles. The first-order chi connectivity index (χ1) is 57.7. The van der Waals surface area contributed by atoms with Gasteiger partial charge in [-0.2, -0.15) is 0 Å². The molecule has 121 heavy (non-hydrogen) atoms. The van der Waals surface area contributed by atoms with E-state index in [1.54, 1.807) is 97.1 Å². The molecule has 9 aromatic carbocycles. The lowest BCUT2D eigenvalue weighted by atomic mass is 9.99. The van der Waals surface area contributed by atoms with Gasteiger partial charge in [0.15, 0.2) is 34.7 Å². The molecular weight excluding hydrogens is 1620 g/mol. The summed E-state index contributed by atoms with van der Waals surface area (Å²) in [6, 6.07) is 43.6. The number of methoxy groups -OCH3 is 1. The maximum absolute atomic E-state index is 14.5. The van der Waals surface area contributed by atoms with Crippen LogP contribution in [0, 0.1) is 40.7 Å². The van der Waals surface area contributed by atoms with Crippen LogP contribution >= 0.6 is 0 Å². The average Bonchev–Trinajstić information content (AvgIpc) is 0.791. The van der Waals surface area contributed by atoms with Crippen molar-refractivity contribution >= 4 is 59.4 Å². The van der Waals surface area contributed by atoms with E-state index in [4.69, 9.17) is 42.6 Å². The largest absolute Gasteiger partial charge is 0.497 e. The van der Waals surface area contributed by atoms with Gasteiger partial charge in [-0.15, -0.1) is 0 Å². The monoisotopic (exact) mass is 1700 g/mol. The molecular formula is C87H87F9O25. The van der Waals surface area contributed by atoms with Gasteiger partial charge in [0.2, 0.25) is 25.2 Å². The van der Waals surface area contributed by atoms with Gasteiger partial charge in [-0.05, 0) is 58.5 Å². The molecule has 2 unspecified atom stereocenters. The van der Waals surface area contributed by atoms with Crippen molar-refractivity contribution in [3.05, 3.63) is 267 Å². The molecule has 0 aromatic heterocycles. The van der Waals surface area contributed by atoms with E-state index < -0.39 is 207 Å². The van der Waals surface area contributed by atoms with Gasteiger partial charge in [0, 0.05) is 63.9 Å². The van der Waals surface area contributed by atoms with Gasteiger partial charge in [0.1, 0.15) is 132 Å². The highest BCUT2D eigenvalue weighted by Gasteiger charge is 2.49. The van der Waals surface area contributed by atoms with Crippen molar-refractivity contribution in [2.75, 3.05) is 33.5 Å². The van der Waals surface area contributed by atoms with Crippen LogP contribution in [0.25, 0.3) is 59.4 Å². The van der Waals surface area contributed by atoms with E-state index in [-0.39, 0.29) is 33.6 Å². The molecule has 4 fully saturated rings. The average molecular weight is 1700 g/mol. The third kappa shape index (κ3) is 23.3. The SMILES string of the molecule is CC(F)(F)c1ccccc1/C=C/c1cc(F)cc(F)c1OC1O[C@H](CO)[C@@H](O)[C@H](O)[C@H]1O.COc1ccc(/C=C/c2cc(F)cc(F)c2O[C@@H]2O[C@H](CO)[C@@H](O)[C@H](O)[C@H]2O)cc1.OC[C@H]1OC(Oc2c(/C=C/c3ccccc3F)ccc3ccccc23)[C@H](O)[C@@H](O)[C@@H]1O.OC[C@H]1O[C@@H](Oc2c(F)cc(F)cc2/C=C/c2ccccc2)[C@H](O)[C@@H](O)[C@@H]1O. The van der Waals surface area contributed by atoms with Crippen LogP contribution in [0.3, 0.4) is 0 Å². The van der Waals surface area contributed by atoms with Crippen LogP contribution in [0.1, 0.15) is 57.0 Å². The lowest BCUT2D eigenvalue weighted by Crippen LogP contribution is -2.60. The Morgan fingerprint density at radius 3 is 1.04 bits per heavy atom. The van der Waals surface area contributed by atoms with Crippen LogP contribution < -0.4 is 23.7 Å². The fourth-order valence-electron chi connectivity index (χ4n) is 12.8. The molecule has 4 aliphatic rings. The van der Waals surface area contributed by atoms with Crippen LogP contribution in [-0.2, 0) is 24.9 Å². The normalized spacial score (nSPS) is 26.8. The van der Waals surface area contributed by atoms with Gasteiger partial charge >= 0.3 is 0 Å². The first kappa shape index (κ1) is 93.0. The number of benzene rings is 9. The highest BCUT2D eigenvalue weighted by molar-refractivity contribution is 5.93. The number of alkyl halides is 2. The first-order valence-corrected chi connectivity index (χ1v) is 37.3. The summed E-state index contributed by atoms with van der Waals surface area (Å²) in [5.41, 5.74) is 2.15. The number of hydrogen-bond donors (Lipinski definition) is 16. The van der Waals surface area contributed by atoms with E-state index in [0.717, 1.165) is 53.1 Å². The quantitative estimate of drug-likeness (QED) is 0.0232. The molecule has 25 nitrogen and oxygen atoms in total. The number of rotatable bonds is 22. The van der Waals surface area contributed by atoms with E-state index in [0.29, 0.717) is 40.8 Å². The topological polar surface area (TPSA) is 407 Å². The lowest BCUT2D eigenvalue weighted by molar-refractivity contribution is -0.277. The minimum absolute atomic E-state index is 0.0141. The van der Waals surface area contributed by atoms with Crippen LogP contribution in [-0.4, -0.2) is 238 Å². The molecule has 4 aliphatic heterocycles. The van der Waals surface area contributed by atoms with Gasteiger partial charge in [-0.3, -0.25) is 0 Å². The Hall–Kier alpha value is -10.2. The summed E-state index contributed by atoms with van der Waals surface area (Å²) in [7, 11) is 1.53. The van der Waals surface area contributed by atoms with Gasteiger partial charge < -0.3 is 124 Å². The Labute approximate surface area is 685 Å². The van der Waals surface area contributed by atoms with Crippen molar-refractivity contribution in [2.45, 2.75) is 136 Å². The third-order valence-electron chi connectivity index (χ3n) is 19.4. The number of halogens is 9. The molecule has 0 amide bonds. The van der Waals surface area contributed by atoms with E-state index >= 15 is 0 Å². The molecule has 0 saturated carbocycles. The van der Waals surface area contributed by atoms with Crippen molar-refractivity contribution in [3.8, 4) is 28.7 Å². The van der Waals surface area contributed by atoms with Crippen molar-refractivity contribution in [1.29, 1.82) is 0 Å². The summed E-state index contributed by atoms with van der Waals surface area (Å²) in [5.74, 6) is -9.87. The van der Waals surface area contributed by atoms with Crippen molar-refractivity contribution in [3.63, 3.8) is 0 Å². The van der Waals surface area contributed by atoms with Crippen molar-refractivity contribution in [2.24, 2.45) is 0 Å². The highest BCUT2D eigenvalue weighted by atomic mass is 19.3. The fraction of sp³-hybridized carbons (Fsp3) is 0.310. The van der Waals surface area contributed by atoms with Crippen molar-refractivity contribution in [1.82, 2.24) is 0 Å². The number of aliphatic hydroxyl groups is 16. The number of ether oxygens (including phenoxy) is 9. The molecule has 13 rings (SSSR count). The van der Waals surface area contributed by atoms with Gasteiger partial charge in [-0.25, -0.2) is 39.5 Å². The Balaban J connectivity index is 0.000000169. The first-order valence-electron chi connectivity index (χ1n) is 37.3. The second kappa shape index (κ2) is 42.5. The molecule has 0 radical (unpaired) electrons. The molecule has 20 atom stereocenters. The Morgan fingerprint density at radius 1 is 0.314 bits per heavy atom. The Bertz CT molecular complexity index is 5000.